The second-order valence-corrected chi connectivity index (χ2v) is 4.35. The fourth-order valence-corrected chi connectivity index (χ4v) is 1.76. The van der Waals surface area contributed by atoms with E-state index in [9.17, 15) is 9.59 Å². The van der Waals surface area contributed by atoms with Crippen LogP contribution in [0.25, 0.3) is 0 Å². The Balaban J connectivity index is 1.86. The molecule has 4 nitrogen and oxygen atoms in total. The number of ketones is 1. The van der Waals surface area contributed by atoms with Crippen LogP contribution in [0, 0.1) is 0 Å². The number of carbonyl (C=O) groups excluding carboxylic acids is 2. The topological polar surface area (TPSA) is 51.1 Å². The molecular formula is C15H16N2O2. The summed E-state index contributed by atoms with van der Waals surface area (Å²) in [5, 5.41) is 2.81. The monoisotopic (exact) mass is 256 g/mol. The molecule has 98 valence electrons. The smallest absolute Gasteiger partial charge is 0.226 e. The van der Waals surface area contributed by atoms with Gasteiger partial charge in [-0.15, -0.1) is 0 Å². The molecule has 4 heteroatoms. The molecule has 0 atom stereocenters. The van der Waals surface area contributed by atoms with E-state index in [1.807, 2.05) is 29.1 Å². The highest BCUT2D eigenvalue weighted by molar-refractivity contribution is 5.95. The van der Waals surface area contributed by atoms with Gasteiger partial charge in [0.1, 0.15) is 0 Å². The summed E-state index contributed by atoms with van der Waals surface area (Å²) in [5.74, 6) is -0.0187. The Labute approximate surface area is 112 Å². The van der Waals surface area contributed by atoms with Gasteiger partial charge in [0, 0.05) is 36.6 Å². The first-order valence-electron chi connectivity index (χ1n) is 6.17. The lowest BCUT2D eigenvalue weighted by molar-refractivity contribution is -0.116. The van der Waals surface area contributed by atoms with Crippen molar-refractivity contribution in [2.24, 2.45) is 0 Å². The first-order valence-corrected chi connectivity index (χ1v) is 6.17. The fraction of sp³-hybridized carbons (Fsp3) is 0.200. The van der Waals surface area contributed by atoms with Gasteiger partial charge in [0.05, 0.1) is 0 Å². The summed E-state index contributed by atoms with van der Waals surface area (Å²) in [5.41, 5.74) is 1.35. The number of nitrogens with one attached hydrogen (secondary N) is 1. The van der Waals surface area contributed by atoms with Crippen LogP contribution in [0.15, 0.2) is 48.8 Å². The molecular weight excluding hydrogens is 240 g/mol. The number of rotatable bonds is 5. The lowest BCUT2D eigenvalue weighted by Gasteiger charge is -2.06. The quantitative estimate of drug-likeness (QED) is 0.836. The van der Waals surface area contributed by atoms with Gasteiger partial charge < -0.3 is 9.88 Å². The average Bonchev–Trinajstić information content (AvgIpc) is 2.90. The zero-order chi connectivity index (χ0) is 13.7. The predicted octanol–water partition coefficient (Wildman–Crippen LogP) is 2.72. The van der Waals surface area contributed by atoms with Crippen LogP contribution in [0.3, 0.4) is 0 Å². The summed E-state index contributed by atoms with van der Waals surface area (Å²) in [7, 11) is 0. The molecule has 1 amide bonds. The van der Waals surface area contributed by atoms with E-state index >= 15 is 0 Å². The molecule has 0 saturated heterocycles. The zero-order valence-corrected chi connectivity index (χ0v) is 10.8. The molecule has 0 aliphatic carbocycles. The average molecular weight is 256 g/mol. The van der Waals surface area contributed by atoms with Crippen LogP contribution in [-0.4, -0.2) is 16.3 Å². The number of nitrogens with zero attached hydrogens (tertiary/aromatic N) is 1. The second-order valence-electron chi connectivity index (χ2n) is 4.35. The second kappa shape index (κ2) is 6.00. The van der Waals surface area contributed by atoms with Crippen LogP contribution in [0.1, 0.15) is 23.7 Å². The normalized spacial score (nSPS) is 10.2. The van der Waals surface area contributed by atoms with Crippen LogP contribution >= 0.6 is 0 Å². The molecule has 0 bridgehead atoms. The third-order valence-corrected chi connectivity index (χ3v) is 2.84. The van der Waals surface area contributed by atoms with Gasteiger partial charge in [-0.25, -0.2) is 0 Å². The van der Waals surface area contributed by atoms with E-state index in [0.29, 0.717) is 24.2 Å². The predicted molar refractivity (Wildman–Crippen MR) is 74.1 cm³/mol. The summed E-state index contributed by atoms with van der Waals surface area (Å²) < 4.78 is 1.96. The Hall–Kier alpha value is -2.36. The molecule has 0 saturated carbocycles. The van der Waals surface area contributed by atoms with E-state index in [-0.39, 0.29) is 11.7 Å². The SMILES string of the molecule is CC(=O)c1ccc(NC(=O)CCn2cccc2)cc1. The van der Waals surface area contributed by atoms with Crippen LogP contribution in [0.2, 0.25) is 0 Å². The van der Waals surface area contributed by atoms with Gasteiger partial charge in [0.25, 0.3) is 0 Å². The van der Waals surface area contributed by atoms with Gasteiger partial charge in [0.15, 0.2) is 5.78 Å². The molecule has 0 aliphatic heterocycles. The van der Waals surface area contributed by atoms with Crippen LogP contribution in [-0.2, 0) is 11.3 Å². The molecule has 0 fully saturated rings. The van der Waals surface area contributed by atoms with Crippen molar-refractivity contribution in [1.29, 1.82) is 0 Å². The van der Waals surface area contributed by atoms with Crippen molar-refractivity contribution < 1.29 is 9.59 Å². The number of anilines is 1. The van der Waals surface area contributed by atoms with Gasteiger partial charge >= 0.3 is 0 Å². The zero-order valence-electron chi connectivity index (χ0n) is 10.8. The van der Waals surface area contributed by atoms with Crippen LogP contribution in [0.4, 0.5) is 5.69 Å². The number of aryl methyl sites for hydroxylation is 1. The molecule has 0 radical (unpaired) electrons. The molecule has 1 aromatic carbocycles. The highest BCUT2D eigenvalue weighted by Crippen LogP contribution is 2.10. The van der Waals surface area contributed by atoms with E-state index in [1.54, 1.807) is 24.3 Å². The summed E-state index contributed by atoms with van der Waals surface area (Å²) in [6.45, 7) is 2.18. The minimum atomic E-state index is -0.0377. The molecule has 2 rings (SSSR count). The Morgan fingerprint density at radius 3 is 2.32 bits per heavy atom. The van der Waals surface area contributed by atoms with Gasteiger partial charge in [-0.2, -0.15) is 0 Å². The largest absolute Gasteiger partial charge is 0.354 e. The van der Waals surface area contributed by atoms with E-state index in [2.05, 4.69) is 5.32 Å². The van der Waals surface area contributed by atoms with E-state index < -0.39 is 0 Å². The van der Waals surface area contributed by atoms with Crippen molar-refractivity contribution >= 4 is 17.4 Å². The first-order chi connectivity index (χ1) is 9.15. The van der Waals surface area contributed by atoms with Crippen molar-refractivity contribution in [3.63, 3.8) is 0 Å². The van der Waals surface area contributed by atoms with Crippen molar-refractivity contribution in [2.75, 3.05) is 5.32 Å². The van der Waals surface area contributed by atoms with E-state index in [0.717, 1.165) is 0 Å². The van der Waals surface area contributed by atoms with Crippen LogP contribution < -0.4 is 5.32 Å². The molecule has 0 unspecified atom stereocenters. The van der Waals surface area contributed by atoms with Gasteiger partial charge in [-0.05, 0) is 43.3 Å². The highest BCUT2D eigenvalue weighted by atomic mass is 16.1. The Morgan fingerprint density at radius 1 is 1.11 bits per heavy atom. The molecule has 19 heavy (non-hydrogen) atoms. The summed E-state index contributed by atoms with van der Waals surface area (Å²) >= 11 is 0. The maximum Gasteiger partial charge on any atom is 0.226 e. The maximum atomic E-state index is 11.7. The number of aromatic nitrogens is 1. The lowest BCUT2D eigenvalue weighted by Crippen LogP contribution is -2.14. The van der Waals surface area contributed by atoms with Crippen LogP contribution in [0.5, 0.6) is 0 Å². The number of hydrogen-bond acceptors (Lipinski definition) is 2. The molecule has 0 aliphatic rings. The van der Waals surface area contributed by atoms with Crippen molar-refractivity contribution in [3.8, 4) is 0 Å². The van der Waals surface area contributed by atoms with Gasteiger partial charge in [-0.1, -0.05) is 0 Å². The third kappa shape index (κ3) is 3.81. The Morgan fingerprint density at radius 2 is 1.74 bits per heavy atom. The maximum absolute atomic E-state index is 11.7. The summed E-state index contributed by atoms with van der Waals surface area (Å²) in [6, 6.07) is 10.8. The molecule has 2 aromatic rings. The van der Waals surface area contributed by atoms with Crippen molar-refractivity contribution in [1.82, 2.24) is 4.57 Å². The molecule has 1 aromatic heterocycles. The molecule has 0 spiro atoms. The number of Topliss-reactive ketones (excluding diaryl/α,β-unsaturated/α-hetero) is 1. The Kier molecular flexibility index (Phi) is 4.13. The minimum Gasteiger partial charge on any atom is -0.354 e. The third-order valence-electron chi connectivity index (χ3n) is 2.84. The molecule has 1 heterocycles. The fourth-order valence-electron chi connectivity index (χ4n) is 1.76. The first kappa shape index (κ1) is 13.1. The Bertz CT molecular complexity index is 556. The van der Waals surface area contributed by atoms with Crippen molar-refractivity contribution in [3.05, 3.63) is 54.4 Å². The van der Waals surface area contributed by atoms with Gasteiger partial charge in [0.2, 0.25) is 5.91 Å². The standard InChI is InChI=1S/C15H16N2O2/c1-12(18)13-4-6-14(7-5-13)16-15(19)8-11-17-9-2-3-10-17/h2-7,9-10H,8,11H2,1H3,(H,16,19). The number of hydrogen-bond donors (Lipinski definition) is 1. The number of carbonyl (C=O) groups is 2. The lowest BCUT2D eigenvalue weighted by atomic mass is 10.1. The van der Waals surface area contributed by atoms with Gasteiger partial charge in [-0.3, -0.25) is 9.59 Å². The number of benzene rings is 1. The minimum absolute atomic E-state index is 0.0190. The van der Waals surface area contributed by atoms with E-state index in [1.165, 1.54) is 6.92 Å². The molecule has 1 N–H and O–H groups in total. The van der Waals surface area contributed by atoms with E-state index in [4.69, 9.17) is 0 Å². The summed E-state index contributed by atoms with van der Waals surface area (Å²) in [6.07, 6.45) is 4.27. The highest BCUT2D eigenvalue weighted by Gasteiger charge is 2.03. The number of amides is 1. The van der Waals surface area contributed by atoms with Crippen molar-refractivity contribution in [2.45, 2.75) is 19.9 Å². The summed E-state index contributed by atoms with van der Waals surface area (Å²) in [4.78, 5) is 22.9.